The van der Waals surface area contributed by atoms with E-state index in [9.17, 15) is 23.1 Å². The number of rotatable bonds is 2. The molecule has 2 heterocycles. The molecule has 1 saturated heterocycles. The summed E-state index contributed by atoms with van der Waals surface area (Å²) in [5.41, 5.74) is 3.76. The van der Waals surface area contributed by atoms with Crippen molar-refractivity contribution in [2.24, 2.45) is 0 Å². The van der Waals surface area contributed by atoms with Crippen LogP contribution in [-0.2, 0) is 4.74 Å². The van der Waals surface area contributed by atoms with Gasteiger partial charge < -0.3 is 20.7 Å². The molecule has 0 aliphatic carbocycles. The number of alkyl halides is 2. The molecule has 1 fully saturated rings. The molecule has 1 aromatic rings. The average Bonchev–Trinajstić information content (AvgIpc) is 2.56. The van der Waals surface area contributed by atoms with Crippen molar-refractivity contribution in [1.82, 2.24) is 9.55 Å². The van der Waals surface area contributed by atoms with E-state index in [4.69, 9.17) is 10.8 Å². The third-order valence-electron chi connectivity index (χ3n) is 2.75. The van der Waals surface area contributed by atoms with Gasteiger partial charge >= 0.3 is 11.6 Å². The molecule has 7 nitrogen and oxygen atoms in total. The summed E-state index contributed by atoms with van der Waals surface area (Å²) in [6.07, 6.45) is -5.77. The van der Waals surface area contributed by atoms with E-state index in [-0.39, 0.29) is 4.57 Å². The van der Waals surface area contributed by atoms with Crippen molar-refractivity contribution in [3.63, 3.8) is 0 Å². The summed E-state index contributed by atoms with van der Waals surface area (Å²) in [6.45, 7) is -0.882. The summed E-state index contributed by atoms with van der Waals surface area (Å²) in [7, 11) is 0. The predicted molar refractivity (Wildman–Crippen MR) is 54.8 cm³/mol. The average molecular weight is 280 g/mol. The van der Waals surface area contributed by atoms with Crippen molar-refractivity contribution in [1.29, 1.82) is 0 Å². The Morgan fingerprint density at radius 1 is 1.58 bits per heavy atom. The summed E-state index contributed by atoms with van der Waals surface area (Å²) in [5.74, 6) is -5.80. The van der Waals surface area contributed by atoms with Crippen LogP contribution in [0.25, 0.3) is 0 Å². The Kier molecular flexibility index (Phi) is 3.24. The van der Waals surface area contributed by atoms with Crippen LogP contribution >= 0.6 is 0 Å². The van der Waals surface area contributed by atoms with Crippen molar-refractivity contribution in [2.75, 3.05) is 12.3 Å². The Morgan fingerprint density at radius 2 is 2.21 bits per heavy atom. The van der Waals surface area contributed by atoms with E-state index in [2.05, 4.69) is 9.72 Å². The Bertz CT molecular complexity index is 550. The van der Waals surface area contributed by atoms with E-state index in [0.29, 0.717) is 6.20 Å². The fraction of sp³-hybridized carbons (Fsp3) is 0.556. The second kappa shape index (κ2) is 4.47. The maximum absolute atomic E-state index is 13.7. The lowest BCUT2D eigenvalue weighted by atomic mass is 10.1. The first-order chi connectivity index (χ1) is 8.78. The maximum Gasteiger partial charge on any atom is 0.352 e. The van der Waals surface area contributed by atoms with Crippen LogP contribution < -0.4 is 11.4 Å². The Balaban J connectivity index is 2.48. The number of aromatic nitrogens is 2. The lowest BCUT2D eigenvalue weighted by Crippen LogP contribution is -2.42. The molecule has 1 aromatic heterocycles. The van der Waals surface area contributed by atoms with Crippen LogP contribution in [0.5, 0.6) is 0 Å². The second-order valence-corrected chi connectivity index (χ2v) is 3.99. The van der Waals surface area contributed by atoms with Crippen LogP contribution in [0.3, 0.4) is 0 Å². The third kappa shape index (κ3) is 2.07. The molecule has 0 saturated carbocycles. The lowest BCUT2D eigenvalue weighted by Gasteiger charge is -2.21. The van der Waals surface area contributed by atoms with Crippen molar-refractivity contribution in [2.45, 2.75) is 24.4 Å². The molecule has 106 valence electrons. The van der Waals surface area contributed by atoms with Gasteiger partial charge in [0.2, 0.25) is 6.23 Å². The first-order valence-electron chi connectivity index (χ1n) is 5.15. The van der Waals surface area contributed by atoms with Gasteiger partial charge in [0.25, 0.3) is 0 Å². The van der Waals surface area contributed by atoms with E-state index in [1.165, 1.54) is 0 Å². The highest BCUT2D eigenvalue weighted by Crippen LogP contribution is 2.42. The molecule has 0 amide bonds. The SMILES string of the molecule is Nc1nc(=O)n([C@H]2O[C@@H](CO)C(O)C2(F)F)cc1[18F]. The van der Waals surface area contributed by atoms with Gasteiger partial charge in [0, 0.05) is 0 Å². The number of nitrogens with zero attached hydrogens (tertiary/aromatic N) is 2. The van der Waals surface area contributed by atoms with Crippen LogP contribution in [0, 0.1) is 5.82 Å². The van der Waals surface area contributed by atoms with Crippen LogP contribution in [0.4, 0.5) is 19.0 Å². The Morgan fingerprint density at radius 3 is 2.74 bits per heavy atom. The highest BCUT2D eigenvalue weighted by atomic mass is 19.3. The van der Waals surface area contributed by atoms with Gasteiger partial charge in [0.05, 0.1) is 12.8 Å². The minimum absolute atomic E-state index is 0.185. The van der Waals surface area contributed by atoms with E-state index >= 15 is 0 Å². The molecule has 0 aromatic carbocycles. The van der Waals surface area contributed by atoms with Gasteiger partial charge in [-0.15, -0.1) is 0 Å². The zero-order chi connectivity index (χ0) is 14.4. The van der Waals surface area contributed by atoms with Crippen molar-refractivity contribution in [3.8, 4) is 0 Å². The molecule has 0 bridgehead atoms. The molecule has 1 aliphatic heterocycles. The molecule has 0 spiro atoms. The predicted octanol–water partition coefficient (Wildman–Crippen LogP) is -1.15. The number of halogens is 3. The second-order valence-electron chi connectivity index (χ2n) is 3.99. The zero-order valence-electron chi connectivity index (χ0n) is 9.33. The number of nitrogen functional groups attached to an aromatic ring is 1. The monoisotopic (exact) mass is 280 g/mol. The van der Waals surface area contributed by atoms with Gasteiger partial charge in [-0.3, -0.25) is 4.57 Å². The molecule has 4 N–H and O–H groups in total. The first-order valence-corrected chi connectivity index (χ1v) is 5.15. The number of hydrogen-bond acceptors (Lipinski definition) is 6. The van der Waals surface area contributed by atoms with E-state index in [1.54, 1.807) is 0 Å². The van der Waals surface area contributed by atoms with Crippen LogP contribution in [0.2, 0.25) is 0 Å². The van der Waals surface area contributed by atoms with Gasteiger partial charge in [0.1, 0.15) is 6.10 Å². The van der Waals surface area contributed by atoms with E-state index < -0.39 is 48.3 Å². The minimum Gasteiger partial charge on any atom is -0.394 e. The molecular weight excluding hydrogens is 270 g/mol. The Hall–Kier alpha value is -1.65. The fourth-order valence-corrected chi connectivity index (χ4v) is 1.74. The third-order valence-corrected chi connectivity index (χ3v) is 2.75. The zero-order valence-corrected chi connectivity index (χ0v) is 9.33. The first kappa shape index (κ1) is 13.8. The molecule has 10 heteroatoms. The molecule has 19 heavy (non-hydrogen) atoms. The van der Waals surface area contributed by atoms with Crippen LogP contribution in [0.15, 0.2) is 11.0 Å². The smallest absolute Gasteiger partial charge is 0.352 e. The molecule has 3 atom stereocenters. The van der Waals surface area contributed by atoms with E-state index in [0.717, 1.165) is 0 Å². The Labute approximate surface area is 104 Å². The molecular formula is C9H10F3N3O4. The highest BCUT2D eigenvalue weighted by molar-refractivity contribution is 5.26. The van der Waals surface area contributed by atoms with Gasteiger partial charge in [-0.2, -0.15) is 13.8 Å². The lowest BCUT2D eigenvalue weighted by molar-refractivity contribution is -0.141. The molecule has 2 rings (SSSR count). The number of aliphatic hydroxyl groups excluding tert-OH is 2. The van der Waals surface area contributed by atoms with Crippen LogP contribution in [-0.4, -0.2) is 44.5 Å². The normalized spacial score (nSPS) is 29.6. The standard InChI is InChI=1S/C9H10F3N3O4/c10-3-1-15(8(18)14-6(3)13)7-9(11,12)5(17)4(2-16)19-7/h1,4-5,7,16-17H,2H2,(H2,13,14,18)/t4-,5?,7-/m0/s1/i10-1. The number of aliphatic hydroxyl groups is 2. The van der Waals surface area contributed by atoms with Crippen molar-refractivity contribution in [3.05, 3.63) is 22.5 Å². The number of anilines is 1. The summed E-state index contributed by atoms with van der Waals surface area (Å²) < 4.78 is 45.5. The topological polar surface area (TPSA) is 111 Å². The van der Waals surface area contributed by atoms with Gasteiger partial charge in [-0.1, -0.05) is 0 Å². The minimum atomic E-state index is -3.89. The summed E-state index contributed by atoms with van der Waals surface area (Å²) >= 11 is 0. The maximum atomic E-state index is 13.7. The van der Waals surface area contributed by atoms with Gasteiger partial charge in [0.15, 0.2) is 17.7 Å². The molecule has 1 aliphatic rings. The van der Waals surface area contributed by atoms with Crippen molar-refractivity contribution >= 4 is 5.82 Å². The number of nitrogens with two attached hydrogens (primary N) is 1. The summed E-state index contributed by atoms with van der Waals surface area (Å²) in [4.78, 5) is 14.4. The summed E-state index contributed by atoms with van der Waals surface area (Å²) in [5, 5.41) is 18.1. The molecule has 1 unspecified atom stereocenters. The van der Waals surface area contributed by atoms with Gasteiger partial charge in [-0.05, 0) is 0 Å². The van der Waals surface area contributed by atoms with Gasteiger partial charge in [-0.25, -0.2) is 9.18 Å². The van der Waals surface area contributed by atoms with E-state index in [1.807, 2.05) is 0 Å². The largest absolute Gasteiger partial charge is 0.394 e. The number of hydrogen-bond donors (Lipinski definition) is 3. The highest BCUT2D eigenvalue weighted by Gasteiger charge is 2.59. The number of ether oxygens (including phenoxy) is 1. The summed E-state index contributed by atoms with van der Waals surface area (Å²) in [6, 6.07) is 0. The quantitative estimate of drug-likeness (QED) is 0.631. The fourth-order valence-electron chi connectivity index (χ4n) is 1.74. The molecule has 0 radical (unpaired) electrons. The van der Waals surface area contributed by atoms with Crippen molar-refractivity contribution < 1.29 is 28.1 Å². The van der Waals surface area contributed by atoms with Crippen LogP contribution in [0.1, 0.15) is 6.23 Å².